The Morgan fingerprint density at radius 3 is 1.96 bits per heavy atom. The maximum atomic E-state index is 6.92. The largest absolute Gasteiger partial charge is 0.407 e. The van der Waals surface area contributed by atoms with Crippen molar-refractivity contribution >= 4 is 34.6 Å². The van der Waals surface area contributed by atoms with Crippen LogP contribution in [0.25, 0.3) is 0 Å². The van der Waals surface area contributed by atoms with Crippen LogP contribution in [-0.2, 0) is 4.43 Å². The zero-order chi connectivity index (χ0) is 20.2. The third kappa shape index (κ3) is 4.29. The van der Waals surface area contributed by atoms with E-state index >= 15 is 0 Å². The van der Waals surface area contributed by atoms with Gasteiger partial charge in [-0.2, -0.15) is 9.90 Å². The minimum atomic E-state index is -2.47. The Kier molecular flexibility index (Phi) is 6.53. The SMILES string of the molecule is C[C@@H](CCO[Si](c1ccccc1)(c1ccccc1)C(C)(C)C)n1ncc(Br)n1. The molecule has 0 saturated carbocycles. The van der Waals surface area contributed by atoms with Crippen LogP contribution >= 0.6 is 15.9 Å². The summed E-state index contributed by atoms with van der Waals surface area (Å²) in [6.45, 7) is 9.69. The monoisotopic (exact) mass is 457 g/mol. The summed E-state index contributed by atoms with van der Waals surface area (Å²) in [5.74, 6) is 0. The van der Waals surface area contributed by atoms with E-state index in [-0.39, 0.29) is 11.1 Å². The van der Waals surface area contributed by atoms with Crippen LogP contribution in [0.5, 0.6) is 0 Å². The van der Waals surface area contributed by atoms with Crippen molar-refractivity contribution in [2.24, 2.45) is 0 Å². The van der Waals surface area contributed by atoms with Crippen molar-refractivity contribution in [2.75, 3.05) is 6.61 Å². The predicted octanol–water partition coefficient (Wildman–Crippen LogP) is 4.57. The Morgan fingerprint density at radius 1 is 1.00 bits per heavy atom. The molecule has 4 nitrogen and oxygen atoms in total. The minimum Gasteiger partial charge on any atom is -0.407 e. The van der Waals surface area contributed by atoms with Crippen LogP contribution in [0, 0.1) is 0 Å². The third-order valence-electron chi connectivity index (χ3n) is 5.15. The minimum absolute atomic E-state index is 0.00801. The molecule has 3 aromatic rings. The highest BCUT2D eigenvalue weighted by Gasteiger charge is 2.50. The smallest absolute Gasteiger partial charge is 0.261 e. The molecule has 0 saturated heterocycles. The highest BCUT2D eigenvalue weighted by molar-refractivity contribution is 9.10. The zero-order valence-corrected chi connectivity index (χ0v) is 19.6. The molecule has 0 amide bonds. The fourth-order valence-electron chi connectivity index (χ4n) is 3.73. The normalized spacial score (nSPS) is 13.5. The molecule has 0 bridgehead atoms. The van der Waals surface area contributed by atoms with Gasteiger partial charge in [-0.25, -0.2) is 0 Å². The first kappa shape index (κ1) is 21.0. The molecular weight excluding hydrogens is 430 g/mol. The van der Waals surface area contributed by atoms with Gasteiger partial charge in [0.1, 0.15) is 4.60 Å². The molecule has 0 unspecified atom stereocenters. The van der Waals surface area contributed by atoms with Crippen molar-refractivity contribution in [1.82, 2.24) is 15.0 Å². The molecule has 1 aromatic heterocycles. The number of rotatable bonds is 7. The lowest BCUT2D eigenvalue weighted by molar-refractivity contribution is 0.255. The van der Waals surface area contributed by atoms with Crippen molar-refractivity contribution < 1.29 is 4.43 Å². The fourth-order valence-corrected chi connectivity index (χ4v) is 8.56. The molecule has 148 valence electrons. The summed E-state index contributed by atoms with van der Waals surface area (Å²) < 4.78 is 7.68. The number of aromatic nitrogens is 3. The summed E-state index contributed by atoms with van der Waals surface area (Å²) in [4.78, 5) is 1.75. The van der Waals surface area contributed by atoms with Gasteiger partial charge >= 0.3 is 0 Å². The average molecular weight is 458 g/mol. The van der Waals surface area contributed by atoms with Gasteiger partial charge < -0.3 is 4.43 Å². The molecule has 2 aromatic carbocycles. The zero-order valence-electron chi connectivity index (χ0n) is 17.0. The van der Waals surface area contributed by atoms with Gasteiger partial charge in [-0.05, 0) is 44.7 Å². The van der Waals surface area contributed by atoms with E-state index in [1.165, 1.54) is 10.4 Å². The van der Waals surface area contributed by atoms with Crippen LogP contribution in [-0.4, -0.2) is 29.9 Å². The molecule has 3 rings (SSSR count). The fraction of sp³-hybridized carbons (Fsp3) is 0.364. The van der Waals surface area contributed by atoms with Gasteiger partial charge in [-0.1, -0.05) is 81.4 Å². The number of hydrogen-bond acceptors (Lipinski definition) is 3. The van der Waals surface area contributed by atoms with Crippen LogP contribution in [0.4, 0.5) is 0 Å². The second-order valence-corrected chi connectivity index (χ2v) is 13.3. The third-order valence-corrected chi connectivity index (χ3v) is 10.6. The van der Waals surface area contributed by atoms with E-state index in [9.17, 15) is 0 Å². The van der Waals surface area contributed by atoms with E-state index < -0.39 is 8.32 Å². The molecule has 0 aliphatic rings. The van der Waals surface area contributed by atoms with Crippen molar-refractivity contribution in [2.45, 2.75) is 45.2 Å². The van der Waals surface area contributed by atoms with Gasteiger partial charge in [0.25, 0.3) is 8.32 Å². The van der Waals surface area contributed by atoms with E-state index in [4.69, 9.17) is 4.43 Å². The summed E-state index contributed by atoms with van der Waals surface area (Å²) in [5, 5.41) is 11.3. The Labute approximate surface area is 177 Å². The van der Waals surface area contributed by atoms with E-state index in [0.717, 1.165) is 11.0 Å². The van der Waals surface area contributed by atoms with Crippen LogP contribution < -0.4 is 10.4 Å². The molecule has 0 N–H and O–H groups in total. The van der Waals surface area contributed by atoms with Crippen LogP contribution in [0.1, 0.15) is 40.2 Å². The lowest BCUT2D eigenvalue weighted by Gasteiger charge is -2.43. The number of hydrogen-bond donors (Lipinski definition) is 0. The van der Waals surface area contributed by atoms with E-state index in [1.54, 1.807) is 11.0 Å². The van der Waals surface area contributed by atoms with Crippen molar-refractivity contribution in [1.29, 1.82) is 0 Å². The second-order valence-electron chi connectivity index (χ2n) is 8.14. The van der Waals surface area contributed by atoms with Gasteiger partial charge in [-0.3, -0.25) is 0 Å². The standard InChI is InChI=1S/C22H28BrN3OSi/c1-18(26-24-17-21(23)25-26)15-16-27-28(22(2,3)4,19-11-7-5-8-12-19)20-13-9-6-10-14-20/h5-14,17-18H,15-16H2,1-4H3/t18-/m0/s1. The first-order valence-electron chi connectivity index (χ1n) is 9.67. The summed E-state index contributed by atoms with van der Waals surface area (Å²) in [6, 6.07) is 21.7. The van der Waals surface area contributed by atoms with Gasteiger partial charge in [0.2, 0.25) is 0 Å². The van der Waals surface area contributed by atoms with Crippen molar-refractivity contribution in [3.05, 3.63) is 71.5 Å². The maximum Gasteiger partial charge on any atom is 0.261 e. The van der Waals surface area contributed by atoms with Gasteiger partial charge in [-0.15, -0.1) is 5.10 Å². The van der Waals surface area contributed by atoms with Gasteiger partial charge in [0.05, 0.1) is 12.2 Å². The quantitative estimate of drug-likeness (QED) is 0.487. The topological polar surface area (TPSA) is 39.9 Å². The average Bonchev–Trinajstić information content (AvgIpc) is 3.12. The molecule has 0 spiro atoms. The summed E-state index contributed by atoms with van der Waals surface area (Å²) >= 11 is 3.37. The molecule has 0 radical (unpaired) electrons. The van der Waals surface area contributed by atoms with Crippen LogP contribution in [0.15, 0.2) is 71.5 Å². The van der Waals surface area contributed by atoms with Crippen molar-refractivity contribution in [3.63, 3.8) is 0 Å². The molecular formula is C22H28BrN3OSi. The van der Waals surface area contributed by atoms with Gasteiger partial charge in [0, 0.05) is 6.61 Å². The number of nitrogens with zero attached hydrogens (tertiary/aromatic N) is 3. The predicted molar refractivity (Wildman–Crippen MR) is 121 cm³/mol. The molecule has 1 heterocycles. The summed E-state index contributed by atoms with van der Waals surface area (Å²) in [7, 11) is -2.47. The van der Waals surface area contributed by atoms with Crippen molar-refractivity contribution in [3.8, 4) is 0 Å². The molecule has 28 heavy (non-hydrogen) atoms. The number of benzene rings is 2. The lowest BCUT2D eigenvalue weighted by Crippen LogP contribution is -2.66. The molecule has 6 heteroatoms. The number of halogens is 1. The summed E-state index contributed by atoms with van der Waals surface area (Å²) in [5.41, 5.74) is 0. The van der Waals surface area contributed by atoms with E-state index in [1.807, 2.05) is 0 Å². The maximum absolute atomic E-state index is 6.92. The Hall–Kier alpha value is -1.76. The Bertz CT molecular complexity index is 838. The first-order chi connectivity index (χ1) is 13.3. The van der Waals surface area contributed by atoms with E-state index in [2.05, 4.69) is 114 Å². The highest BCUT2D eigenvalue weighted by Crippen LogP contribution is 2.37. The lowest BCUT2D eigenvalue weighted by atomic mass is 10.2. The molecule has 1 atom stereocenters. The van der Waals surface area contributed by atoms with E-state index in [0.29, 0.717) is 6.61 Å². The van der Waals surface area contributed by atoms with Crippen LogP contribution in [0.3, 0.4) is 0 Å². The second kappa shape index (κ2) is 8.72. The molecule has 0 aliphatic heterocycles. The first-order valence-corrected chi connectivity index (χ1v) is 12.4. The Morgan fingerprint density at radius 2 is 1.54 bits per heavy atom. The molecule has 0 fully saturated rings. The van der Waals surface area contributed by atoms with Crippen LogP contribution in [0.2, 0.25) is 5.04 Å². The highest BCUT2D eigenvalue weighted by atomic mass is 79.9. The Balaban J connectivity index is 1.92. The summed E-state index contributed by atoms with van der Waals surface area (Å²) in [6.07, 6.45) is 2.57. The molecule has 0 aliphatic carbocycles. The van der Waals surface area contributed by atoms with Gasteiger partial charge in [0.15, 0.2) is 0 Å².